The molecule has 1 aromatic carbocycles. The summed E-state index contributed by atoms with van der Waals surface area (Å²) in [6.07, 6.45) is 0. The van der Waals surface area contributed by atoms with Crippen LogP contribution in [0.4, 0.5) is 5.69 Å². The minimum Gasteiger partial charge on any atom is -0.398 e. The Balaban J connectivity index is 2.02. The van der Waals surface area contributed by atoms with Crippen molar-refractivity contribution in [3.05, 3.63) is 40.9 Å². The van der Waals surface area contributed by atoms with Crippen LogP contribution >= 0.6 is 23.1 Å². The highest BCUT2D eigenvalue weighted by Gasteiger charge is 2.02. The summed E-state index contributed by atoms with van der Waals surface area (Å²) in [4.78, 5) is 4.40. The number of thiazole rings is 1. The van der Waals surface area contributed by atoms with Gasteiger partial charge in [0.1, 0.15) is 4.34 Å². The number of hydrogen-bond donors (Lipinski definition) is 1. The van der Waals surface area contributed by atoms with Crippen LogP contribution in [0.15, 0.2) is 34.0 Å². The van der Waals surface area contributed by atoms with Crippen LogP contribution in [0, 0.1) is 6.92 Å². The summed E-state index contributed by atoms with van der Waals surface area (Å²) >= 11 is 3.42. The Kier molecular flexibility index (Phi) is 3.28. The highest BCUT2D eigenvalue weighted by Crippen LogP contribution is 2.27. The van der Waals surface area contributed by atoms with Gasteiger partial charge in [-0.1, -0.05) is 30.0 Å². The van der Waals surface area contributed by atoms with Crippen LogP contribution in [0.3, 0.4) is 0 Å². The summed E-state index contributed by atoms with van der Waals surface area (Å²) in [5.41, 5.74) is 8.98. The molecule has 2 rings (SSSR count). The minimum atomic E-state index is 0.860. The van der Waals surface area contributed by atoms with Crippen LogP contribution in [-0.4, -0.2) is 4.98 Å². The first-order valence-corrected chi connectivity index (χ1v) is 6.50. The van der Waals surface area contributed by atoms with Crippen LogP contribution in [0.2, 0.25) is 0 Å². The third-order valence-electron chi connectivity index (χ3n) is 2.00. The van der Waals surface area contributed by atoms with Gasteiger partial charge in [0.2, 0.25) is 0 Å². The first-order chi connectivity index (χ1) is 7.25. The molecule has 78 valence electrons. The number of para-hydroxylation sites is 1. The number of nitrogens with zero attached hydrogens (tertiary/aromatic N) is 1. The van der Waals surface area contributed by atoms with Crippen molar-refractivity contribution in [1.82, 2.24) is 4.98 Å². The van der Waals surface area contributed by atoms with E-state index >= 15 is 0 Å². The maximum absolute atomic E-state index is 5.86. The van der Waals surface area contributed by atoms with Crippen LogP contribution in [0.25, 0.3) is 0 Å². The first kappa shape index (κ1) is 10.5. The van der Waals surface area contributed by atoms with Crippen molar-refractivity contribution >= 4 is 28.8 Å². The molecule has 15 heavy (non-hydrogen) atoms. The third kappa shape index (κ3) is 2.73. The zero-order valence-corrected chi connectivity index (χ0v) is 10.1. The second-order valence-electron chi connectivity index (χ2n) is 3.24. The third-order valence-corrected chi connectivity index (χ3v) is 4.19. The second-order valence-corrected chi connectivity index (χ2v) is 5.32. The molecule has 0 aliphatic rings. The van der Waals surface area contributed by atoms with E-state index in [-0.39, 0.29) is 0 Å². The van der Waals surface area contributed by atoms with Crippen molar-refractivity contribution in [2.75, 3.05) is 5.73 Å². The van der Waals surface area contributed by atoms with Gasteiger partial charge in [-0.2, -0.15) is 0 Å². The highest BCUT2D eigenvalue weighted by molar-refractivity contribution is 8.00. The molecule has 0 atom stereocenters. The van der Waals surface area contributed by atoms with Gasteiger partial charge in [0.05, 0.1) is 0 Å². The molecule has 0 fully saturated rings. The molecule has 0 saturated carbocycles. The Labute approximate surface area is 97.5 Å². The van der Waals surface area contributed by atoms with Crippen LogP contribution in [-0.2, 0) is 5.75 Å². The molecular weight excluding hydrogens is 224 g/mol. The SMILES string of the molecule is Cc1csc(SCc2ccccc2N)n1. The fourth-order valence-electron chi connectivity index (χ4n) is 1.20. The normalized spacial score (nSPS) is 10.5. The molecule has 2 nitrogen and oxygen atoms in total. The van der Waals surface area contributed by atoms with Crippen LogP contribution < -0.4 is 5.73 Å². The predicted octanol–water partition coefficient (Wildman–Crippen LogP) is 3.33. The summed E-state index contributed by atoms with van der Waals surface area (Å²) in [6.45, 7) is 2.01. The van der Waals surface area contributed by atoms with Crippen molar-refractivity contribution in [2.45, 2.75) is 17.0 Å². The lowest BCUT2D eigenvalue weighted by Crippen LogP contribution is -1.91. The molecule has 2 N–H and O–H groups in total. The van der Waals surface area contributed by atoms with Gasteiger partial charge in [-0.25, -0.2) is 4.98 Å². The molecule has 2 aromatic rings. The van der Waals surface area contributed by atoms with Crippen molar-refractivity contribution in [3.8, 4) is 0 Å². The summed E-state index contributed by atoms with van der Waals surface area (Å²) in [5, 5.41) is 2.07. The molecule has 0 spiro atoms. The molecule has 0 bridgehead atoms. The Hall–Kier alpha value is -1.00. The van der Waals surface area contributed by atoms with E-state index in [0.717, 1.165) is 21.5 Å². The summed E-state index contributed by atoms with van der Waals surface area (Å²) in [6, 6.07) is 7.96. The monoisotopic (exact) mass is 236 g/mol. The number of aryl methyl sites for hydroxylation is 1. The second kappa shape index (κ2) is 4.68. The zero-order chi connectivity index (χ0) is 10.7. The molecular formula is C11H12N2S2. The molecule has 0 saturated heterocycles. The molecule has 0 aliphatic carbocycles. The molecule has 1 heterocycles. The smallest absolute Gasteiger partial charge is 0.150 e. The van der Waals surface area contributed by atoms with E-state index in [1.807, 2.05) is 25.1 Å². The number of hydrogen-bond acceptors (Lipinski definition) is 4. The van der Waals surface area contributed by atoms with E-state index in [2.05, 4.69) is 16.4 Å². The Morgan fingerprint density at radius 2 is 2.20 bits per heavy atom. The van der Waals surface area contributed by atoms with Crippen molar-refractivity contribution in [2.24, 2.45) is 0 Å². The lowest BCUT2D eigenvalue weighted by molar-refractivity contribution is 1.16. The highest BCUT2D eigenvalue weighted by atomic mass is 32.2. The van der Waals surface area contributed by atoms with Gasteiger partial charge in [-0.15, -0.1) is 11.3 Å². The van der Waals surface area contributed by atoms with E-state index in [1.54, 1.807) is 23.1 Å². The summed E-state index contributed by atoms with van der Waals surface area (Å²) in [5.74, 6) is 0.889. The molecule has 0 unspecified atom stereocenters. The molecule has 0 radical (unpaired) electrons. The maximum Gasteiger partial charge on any atom is 0.150 e. The van der Waals surface area contributed by atoms with Crippen molar-refractivity contribution in [1.29, 1.82) is 0 Å². The zero-order valence-electron chi connectivity index (χ0n) is 8.43. The molecule has 1 aromatic heterocycles. The van der Waals surface area contributed by atoms with Crippen LogP contribution in [0.1, 0.15) is 11.3 Å². The van der Waals surface area contributed by atoms with Crippen molar-refractivity contribution < 1.29 is 0 Å². The fraction of sp³-hybridized carbons (Fsp3) is 0.182. The van der Waals surface area contributed by atoms with Gasteiger partial charge in [-0.3, -0.25) is 0 Å². The number of thioether (sulfide) groups is 1. The van der Waals surface area contributed by atoms with E-state index in [0.29, 0.717) is 0 Å². The number of nitrogen functional groups attached to an aromatic ring is 1. The molecule has 0 aliphatic heterocycles. The Morgan fingerprint density at radius 1 is 1.40 bits per heavy atom. The van der Waals surface area contributed by atoms with Gasteiger partial charge < -0.3 is 5.73 Å². The standard InChI is InChI=1S/C11H12N2S2/c1-8-6-14-11(13-8)15-7-9-4-2-3-5-10(9)12/h2-6H,7,12H2,1H3. The topological polar surface area (TPSA) is 38.9 Å². The number of aromatic nitrogens is 1. The Bertz CT molecular complexity index is 451. The number of anilines is 1. The number of benzene rings is 1. The van der Waals surface area contributed by atoms with Gasteiger partial charge in [0.15, 0.2) is 0 Å². The van der Waals surface area contributed by atoms with Gasteiger partial charge in [0, 0.05) is 22.5 Å². The quantitative estimate of drug-likeness (QED) is 0.656. The summed E-state index contributed by atoms with van der Waals surface area (Å²) < 4.78 is 1.11. The predicted molar refractivity (Wildman–Crippen MR) is 67.3 cm³/mol. The fourth-order valence-corrected chi connectivity index (χ4v) is 3.07. The van der Waals surface area contributed by atoms with Crippen LogP contribution in [0.5, 0.6) is 0 Å². The van der Waals surface area contributed by atoms with E-state index in [4.69, 9.17) is 5.73 Å². The van der Waals surface area contributed by atoms with Gasteiger partial charge >= 0.3 is 0 Å². The molecule has 0 amide bonds. The molecule has 4 heteroatoms. The van der Waals surface area contributed by atoms with E-state index in [9.17, 15) is 0 Å². The van der Waals surface area contributed by atoms with Gasteiger partial charge in [-0.05, 0) is 18.6 Å². The summed E-state index contributed by atoms with van der Waals surface area (Å²) in [7, 11) is 0. The van der Waals surface area contributed by atoms with E-state index < -0.39 is 0 Å². The lowest BCUT2D eigenvalue weighted by Gasteiger charge is -2.02. The maximum atomic E-state index is 5.86. The average Bonchev–Trinajstić information content (AvgIpc) is 2.63. The number of rotatable bonds is 3. The van der Waals surface area contributed by atoms with E-state index in [1.165, 1.54) is 5.56 Å². The number of nitrogens with two attached hydrogens (primary N) is 1. The van der Waals surface area contributed by atoms with Crippen molar-refractivity contribution in [3.63, 3.8) is 0 Å². The first-order valence-electron chi connectivity index (χ1n) is 4.64. The average molecular weight is 236 g/mol. The lowest BCUT2D eigenvalue weighted by atomic mass is 10.2. The largest absolute Gasteiger partial charge is 0.398 e. The van der Waals surface area contributed by atoms with Gasteiger partial charge in [0.25, 0.3) is 0 Å². The Morgan fingerprint density at radius 3 is 2.87 bits per heavy atom. The minimum absolute atomic E-state index is 0.860.